The normalized spacial score (nSPS) is 26.1. The van der Waals surface area contributed by atoms with E-state index in [-0.39, 0.29) is 59.9 Å². The second-order valence-corrected chi connectivity index (χ2v) is 16.0. The third-order valence-electron chi connectivity index (χ3n) is 7.58. The Bertz CT molecular complexity index is 834. The van der Waals surface area contributed by atoms with E-state index in [9.17, 15) is 14.4 Å². The van der Waals surface area contributed by atoms with Crippen molar-refractivity contribution in [1.82, 2.24) is 10.2 Å². The van der Waals surface area contributed by atoms with Crippen molar-refractivity contribution in [3.05, 3.63) is 24.3 Å². The molecule has 0 aromatic carbocycles. The predicted molar refractivity (Wildman–Crippen MR) is 139 cm³/mol. The van der Waals surface area contributed by atoms with Gasteiger partial charge in [-0.2, -0.15) is 0 Å². The number of hydrogen-bond donors (Lipinski definition) is 1. The maximum absolute atomic E-state index is 13.1. The summed E-state index contributed by atoms with van der Waals surface area (Å²) in [6.45, 7) is 18.6. The van der Waals surface area contributed by atoms with Gasteiger partial charge in [0.1, 0.15) is 6.61 Å². The van der Waals surface area contributed by atoms with Crippen molar-refractivity contribution in [2.45, 2.75) is 96.2 Å². The Morgan fingerprint density at radius 1 is 1.29 bits per heavy atom. The molecule has 0 aromatic heterocycles. The number of methoxy groups -OCH3 is 1. The quantitative estimate of drug-likeness (QED) is 0.194. The summed E-state index contributed by atoms with van der Waals surface area (Å²) in [5, 5.41) is 2.92. The number of carbonyl (C=O) groups is 3. The van der Waals surface area contributed by atoms with Crippen molar-refractivity contribution >= 4 is 26.1 Å². The van der Waals surface area contributed by atoms with E-state index in [2.05, 4.69) is 45.8 Å². The fourth-order valence-corrected chi connectivity index (χ4v) is 5.98. The first-order valence-electron chi connectivity index (χ1n) is 12.5. The average Bonchev–Trinajstić information content (AvgIpc) is 3.12. The van der Waals surface area contributed by atoms with Gasteiger partial charge in [0.25, 0.3) is 0 Å². The van der Waals surface area contributed by atoms with Gasteiger partial charge in [-0.25, -0.2) is 4.79 Å². The van der Waals surface area contributed by atoms with Gasteiger partial charge in [0.05, 0.1) is 36.8 Å². The van der Waals surface area contributed by atoms with Crippen molar-refractivity contribution in [2.75, 3.05) is 20.3 Å². The number of nitrogens with zero attached hydrogens (tertiary/aromatic N) is 1. The molecular weight excluding hydrogens is 464 g/mol. The highest BCUT2D eigenvalue weighted by atomic mass is 28.4. The maximum Gasteiger partial charge on any atom is 0.410 e. The molecule has 2 saturated heterocycles. The van der Waals surface area contributed by atoms with Crippen LogP contribution in [0.25, 0.3) is 0 Å². The second-order valence-electron chi connectivity index (χ2n) is 11.2. The molecule has 0 saturated carbocycles. The molecule has 0 radical (unpaired) electrons. The van der Waals surface area contributed by atoms with Crippen molar-refractivity contribution in [3.63, 3.8) is 0 Å². The molecular formula is C26H44N2O6Si. The minimum Gasteiger partial charge on any atom is -0.445 e. The van der Waals surface area contributed by atoms with E-state index in [1.807, 2.05) is 13.0 Å². The van der Waals surface area contributed by atoms with Crippen LogP contribution in [-0.2, 0) is 23.5 Å². The highest BCUT2D eigenvalue weighted by Crippen LogP contribution is 2.39. The van der Waals surface area contributed by atoms with Crippen LogP contribution in [0.15, 0.2) is 24.3 Å². The summed E-state index contributed by atoms with van der Waals surface area (Å²) < 4.78 is 17.0. The summed E-state index contributed by atoms with van der Waals surface area (Å²) >= 11 is 0. The van der Waals surface area contributed by atoms with Crippen LogP contribution in [0.3, 0.4) is 0 Å². The highest BCUT2D eigenvalue weighted by Gasteiger charge is 2.48. The fraction of sp³-hybridized carbons (Fsp3) is 0.731. The summed E-state index contributed by atoms with van der Waals surface area (Å²) in [4.78, 5) is 39.8. The first-order valence-corrected chi connectivity index (χ1v) is 15.4. The summed E-state index contributed by atoms with van der Waals surface area (Å²) in [5.74, 6) is -0.456. The van der Waals surface area contributed by atoms with Crippen LogP contribution < -0.4 is 5.32 Å². The minimum atomic E-state index is -2.04. The molecule has 2 unspecified atom stereocenters. The van der Waals surface area contributed by atoms with Gasteiger partial charge in [0.2, 0.25) is 5.91 Å². The molecule has 9 heteroatoms. The molecule has 2 fully saturated rings. The third-order valence-corrected chi connectivity index (χ3v) is 12.2. The fourth-order valence-electron chi connectivity index (χ4n) is 4.55. The largest absolute Gasteiger partial charge is 0.445 e. The molecule has 2 aliphatic rings. The first-order chi connectivity index (χ1) is 16.2. The SMILES string of the molecule is C=CCOC(=O)N1C(C=C(C)C(=O)C[C@H]2NC(=O)[C@@H]2[C@@H](C)O[Si](C)(C)C(C)(C)C)CCC1COC. The molecule has 0 aromatic rings. The summed E-state index contributed by atoms with van der Waals surface area (Å²) in [6, 6.07) is -0.606. The van der Waals surface area contributed by atoms with Crippen molar-refractivity contribution in [3.8, 4) is 0 Å². The van der Waals surface area contributed by atoms with Crippen LogP contribution >= 0.6 is 0 Å². The number of hydrogen-bond acceptors (Lipinski definition) is 6. The van der Waals surface area contributed by atoms with Crippen LogP contribution in [0.1, 0.15) is 53.9 Å². The van der Waals surface area contributed by atoms with E-state index in [0.29, 0.717) is 12.2 Å². The Kier molecular flexibility index (Phi) is 9.90. The van der Waals surface area contributed by atoms with Crippen molar-refractivity contribution < 1.29 is 28.3 Å². The zero-order chi connectivity index (χ0) is 26.6. The van der Waals surface area contributed by atoms with Gasteiger partial charge >= 0.3 is 6.09 Å². The van der Waals surface area contributed by atoms with Crippen LogP contribution in [0.4, 0.5) is 4.79 Å². The number of ether oxygens (including phenoxy) is 2. The Morgan fingerprint density at radius 2 is 1.94 bits per heavy atom. The van der Waals surface area contributed by atoms with Crippen LogP contribution in [0.2, 0.25) is 18.1 Å². The molecule has 1 N–H and O–H groups in total. The number of β-lactam (4-membered cyclic amide) rings is 1. The zero-order valence-corrected chi connectivity index (χ0v) is 23.7. The van der Waals surface area contributed by atoms with E-state index in [0.717, 1.165) is 12.8 Å². The molecule has 0 spiro atoms. The number of likely N-dealkylation sites (tertiary alicyclic amines) is 1. The Hall–Kier alpha value is -1.97. The Labute approximate surface area is 211 Å². The lowest BCUT2D eigenvalue weighted by Crippen LogP contribution is -2.64. The molecule has 2 heterocycles. The zero-order valence-electron chi connectivity index (χ0n) is 22.7. The smallest absolute Gasteiger partial charge is 0.410 e. The topological polar surface area (TPSA) is 94.2 Å². The molecule has 2 amide bonds. The number of ketones is 1. The molecule has 0 bridgehead atoms. The van der Waals surface area contributed by atoms with Crippen LogP contribution in [-0.4, -0.2) is 75.6 Å². The van der Waals surface area contributed by atoms with Gasteiger partial charge in [-0.15, -0.1) is 0 Å². The van der Waals surface area contributed by atoms with Gasteiger partial charge in [-0.05, 0) is 50.4 Å². The number of rotatable bonds is 11. The molecule has 2 aliphatic heterocycles. The predicted octanol–water partition coefficient (Wildman–Crippen LogP) is 4.22. The third kappa shape index (κ3) is 7.04. The molecule has 8 nitrogen and oxygen atoms in total. The summed E-state index contributed by atoms with van der Waals surface area (Å²) in [5.41, 5.74) is 0.576. The van der Waals surface area contributed by atoms with Crippen LogP contribution in [0.5, 0.6) is 0 Å². The molecule has 2 rings (SSSR count). The van der Waals surface area contributed by atoms with Crippen molar-refractivity contribution in [2.24, 2.45) is 5.92 Å². The number of allylic oxidation sites excluding steroid dienone is 1. The number of amides is 2. The lowest BCUT2D eigenvalue weighted by Gasteiger charge is -2.45. The van der Waals surface area contributed by atoms with E-state index in [1.54, 1.807) is 18.9 Å². The maximum atomic E-state index is 13.1. The van der Waals surface area contributed by atoms with Gasteiger partial charge in [-0.1, -0.05) is 39.5 Å². The highest BCUT2D eigenvalue weighted by molar-refractivity contribution is 6.74. The number of carbonyl (C=O) groups excluding carboxylic acids is 3. The lowest BCUT2D eigenvalue weighted by molar-refractivity contribution is -0.141. The van der Waals surface area contributed by atoms with Crippen molar-refractivity contribution in [1.29, 1.82) is 0 Å². The molecule has 5 atom stereocenters. The molecule has 198 valence electrons. The van der Waals surface area contributed by atoms with Gasteiger partial charge in [-0.3, -0.25) is 14.5 Å². The minimum absolute atomic E-state index is 0.0345. The molecule has 0 aliphatic carbocycles. The van der Waals surface area contributed by atoms with Gasteiger partial charge < -0.3 is 19.2 Å². The summed E-state index contributed by atoms with van der Waals surface area (Å²) in [7, 11) is -0.441. The lowest BCUT2D eigenvalue weighted by atomic mass is 9.82. The Balaban J connectivity index is 2.07. The average molecular weight is 509 g/mol. The second kappa shape index (κ2) is 11.8. The monoisotopic (exact) mass is 508 g/mol. The van der Waals surface area contributed by atoms with Gasteiger partial charge in [0.15, 0.2) is 14.1 Å². The Morgan fingerprint density at radius 3 is 2.49 bits per heavy atom. The number of nitrogens with one attached hydrogen (secondary N) is 1. The standard InChI is InChI=1S/C26H44N2O6Si/c1-10-13-33-25(31)28-19(11-12-20(28)16-32-7)14-17(2)22(29)15-21-23(24(30)27-21)18(3)34-35(8,9)26(4,5)6/h10,14,18-21,23H,1,11-13,15-16H2,2-9H3,(H,27,30)/t18-,19?,20?,21-,23-/m1/s1. The molecule has 35 heavy (non-hydrogen) atoms. The van der Waals surface area contributed by atoms with E-state index >= 15 is 0 Å². The van der Waals surface area contributed by atoms with E-state index in [1.165, 1.54) is 6.08 Å². The summed E-state index contributed by atoms with van der Waals surface area (Å²) in [6.07, 6.45) is 4.38. The van der Waals surface area contributed by atoms with E-state index in [4.69, 9.17) is 13.9 Å². The number of Topliss-reactive ketones (excluding diaryl/α,β-unsaturated/α-hetero) is 1. The van der Waals surface area contributed by atoms with E-state index < -0.39 is 14.4 Å². The van der Waals surface area contributed by atoms with Crippen LogP contribution in [0, 0.1) is 5.92 Å². The van der Waals surface area contributed by atoms with Gasteiger partial charge in [0, 0.05) is 13.5 Å². The first kappa shape index (κ1) is 29.3.